The monoisotopic (exact) mass is 301 g/mol. The van der Waals surface area contributed by atoms with Crippen LogP contribution in [0.25, 0.3) is 0 Å². The summed E-state index contributed by atoms with van der Waals surface area (Å²) in [5.41, 5.74) is 1.64. The van der Waals surface area contributed by atoms with Gasteiger partial charge in [0, 0.05) is 16.2 Å². The quantitative estimate of drug-likeness (QED) is 0.642. The maximum absolute atomic E-state index is 13.2. The zero-order chi connectivity index (χ0) is 15.2. The Balaban J connectivity index is 2.19. The summed E-state index contributed by atoms with van der Waals surface area (Å²) in [5.74, 6) is 0.209. The lowest BCUT2D eigenvalue weighted by Crippen LogP contribution is -2.13. The maximum atomic E-state index is 13.2. The predicted octanol–water partition coefficient (Wildman–Crippen LogP) is 4.66. The van der Waals surface area contributed by atoms with E-state index in [4.69, 9.17) is 0 Å². The first-order valence-corrected chi connectivity index (χ1v) is 7.50. The van der Waals surface area contributed by atoms with Gasteiger partial charge in [0.25, 0.3) is 5.91 Å². The van der Waals surface area contributed by atoms with Crippen LogP contribution in [0.1, 0.15) is 15.9 Å². The maximum Gasteiger partial charge on any atom is 0.255 e. The fourth-order valence-electron chi connectivity index (χ4n) is 1.82. The van der Waals surface area contributed by atoms with Gasteiger partial charge >= 0.3 is 0 Å². The minimum absolute atomic E-state index is 0.246. The van der Waals surface area contributed by atoms with Crippen molar-refractivity contribution >= 4 is 23.4 Å². The van der Waals surface area contributed by atoms with E-state index in [1.54, 1.807) is 24.8 Å². The van der Waals surface area contributed by atoms with Crippen molar-refractivity contribution < 1.29 is 9.18 Å². The number of anilines is 1. The second-order valence-electron chi connectivity index (χ2n) is 4.51. The van der Waals surface area contributed by atoms with Gasteiger partial charge in [0.2, 0.25) is 0 Å². The number of para-hydroxylation sites is 1. The van der Waals surface area contributed by atoms with Crippen molar-refractivity contribution in [2.45, 2.75) is 11.8 Å². The molecule has 0 bridgehead atoms. The fourth-order valence-corrected chi connectivity index (χ4v) is 2.57. The van der Waals surface area contributed by atoms with Crippen molar-refractivity contribution in [1.29, 1.82) is 0 Å². The van der Waals surface area contributed by atoms with Gasteiger partial charge in [0.15, 0.2) is 0 Å². The zero-order valence-corrected chi connectivity index (χ0v) is 12.5. The molecule has 0 aliphatic carbocycles. The molecular formula is C17H16FNOS. The Morgan fingerprint density at radius 2 is 2.10 bits per heavy atom. The van der Waals surface area contributed by atoms with Crippen LogP contribution in [0.2, 0.25) is 0 Å². The first-order valence-electron chi connectivity index (χ1n) is 6.52. The largest absolute Gasteiger partial charge is 0.321 e. The van der Waals surface area contributed by atoms with E-state index in [2.05, 4.69) is 11.9 Å². The van der Waals surface area contributed by atoms with E-state index in [-0.39, 0.29) is 11.7 Å². The van der Waals surface area contributed by atoms with Gasteiger partial charge in [-0.15, -0.1) is 18.3 Å². The third-order valence-electron chi connectivity index (χ3n) is 2.91. The Labute approximate surface area is 128 Å². The Hall–Kier alpha value is -2.07. The number of carbonyl (C=O) groups excluding carboxylic acids is 1. The predicted molar refractivity (Wildman–Crippen MR) is 86.5 cm³/mol. The molecule has 0 radical (unpaired) electrons. The number of halogens is 1. The lowest BCUT2D eigenvalue weighted by atomic mass is 10.1. The molecule has 2 aromatic carbocycles. The third-order valence-corrected chi connectivity index (χ3v) is 3.98. The molecule has 0 saturated heterocycles. The number of thioether (sulfide) groups is 1. The summed E-state index contributed by atoms with van der Waals surface area (Å²) in [6.45, 7) is 5.33. The standard InChI is InChI=1S/C17H16FNOS/c1-3-10-21-16-7-5-4-6-15(16)19-17(20)13-8-9-14(18)12(2)11-13/h3-9,11H,1,10H2,2H3,(H,19,20). The van der Waals surface area contributed by atoms with Crippen LogP contribution in [-0.2, 0) is 0 Å². The van der Waals surface area contributed by atoms with Gasteiger partial charge in [-0.1, -0.05) is 18.2 Å². The average Bonchev–Trinajstić information content (AvgIpc) is 2.49. The van der Waals surface area contributed by atoms with Crippen LogP contribution in [-0.4, -0.2) is 11.7 Å². The van der Waals surface area contributed by atoms with Crippen LogP contribution < -0.4 is 5.32 Å². The van der Waals surface area contributed by atoms with Crippen molar-refractivity contribution in [2.24, 2.45) is 0 Å². The first-order chi connectivity index (χ1) is 10.1. The molecule has 108 valence electrons. The van der Waals surface area contributed by atoms with Gasteiger partial charge in [-0.05, 0) is 42.8 Å². The molecule has 4 heteroatoms. The van der Waals surface area contributed by atoms with Gasteiger partial charge in [-0.25, -0.2) is 4.39 Å². The zero-order valence-electron chi connectivity index (χ0n) is 11.7. The van der Waals surface area contributed by atoms with Gasteiger partial charge in [-0.3, -0.25) is 4.79 Å². The fraction of sp³-hybridized carbons (Fsp3) is 0.118. The molecule has 0 aliphatic rings. The number of hydrogen-bond donors (Lipinski definition) is 1. The SMILES string of the molecule is C=CCSc1ccccc1NC(=O)c1ccc(F)c(C)c1. The molecular weight excluding hydrogens is 285 g/mol. The van der Waals surface area contributed by atoms with Crippen LogP contribution in [0.3, 0.4) is 0 Å². The molecule has 0 saturated carbocycles. The highest BCUT2D eigenvalue weighted by Gasteiger charge is 2.10. The van der Waals surface area contributed by atoms with Gasteiger partial charge in [0.1, 0.15) is 5.82 Å². The number of rotatable bonds is 5. The molecule has 0 heterocycles. The molecule has 21 heavy (non-hydrogen) atoms. The smallest absolute Gasteiger partial charge is 0.255 e. The molecule has 0 fully saturated rings. The van der Waals surface area contributed by atoms with E-state index in [0.717, 1.165) is 16.3 Å². The summed E-state index contributed by atoms with van der Waals surface area (Å²) in [5, 5.41) is 2.87. The molecule has 1 N–H and O–H groups in total. The normalized spacial score (nSPS) is 10.2. The Kier molecular flexibility index (Phi) is 5.17. The van der Waals surface area contributed by atoms with Crippen LogP contribution in [0, 0.1) is 12.7 Å². The van der Waals surface area contributed by atoms with Crippen LogP contribution in [0.15, 0.2) is 60.0 Å². The average molecular weight is 301 g/mol. The summed E-state index contributed by atoms with van der Waals surface area (Å²) in [4.78, 5) is 13.2. The highest BCUT2D eigenvalue weighted by atomic mass is 32.2. The Morgan fingerprint density at radius 3 is 2.81 bits per heavy atom. The van der Waals surface area contributed by atoms with Crippen LogP contribution in [0.5, 0.6) is 0 Å². The third kappa shape index (κ3) is 3.95. The number of benzene rings is 2. The molecule has 2 rings (SSSR count). The van der Waals surface area contributed by atoms with E-state index in [9.17, 15) is 9.18 Å². The van der Waals surface area contributed by atoms with Gasteiger partial charge in [-0.2, -0.15) is 0 Å². The van der Waals surface area contributed by atoms with E-state index >= 15 is 0 Å². The second kappa shape index (κ2) is 7.09. The highest BCUT2D eigenvalue weighted by molar-refractivity contribution is 7.99. The van der Waals surface area contributed by atoms with E-state index < -0.39 is 0 Å². The Bertz CT molecular complexity index is 670. The molecule has 2 aromatic rings. The number of aryl methyl sites for hydroxylation is 1. The summed E-state index contributed by atoms with van der Waals surface area (Å²) in [6, 6.07) is 11.9. The molecule has 0 aromatic heterocycles. The molecule has 0 unspecified atom stereocenters. The molecule has 1 amide bonds. The summed E-state index contributed by atoms with van der Waals surface area (Å²) < 4.78 is 13.2. The van der Waals surface area contributed by atoms with Gasteiger partial charge in [0.05, 0.1) is 5.69 Å². The lowest BCUT2D eigenvalue weighted by molar-refractivity contribution is 0.102. The van der Waals surface area contributed by atoms with Crippen LogP contribution >= 0.6 is 11.8 Å². The van der Waals surface area contributed by atoms with Crippen molar-refractivity contribution in [3.8, 4) is 0 Å². The molecule has 2 nitrogen and oxygen atoms in total. The topological polar surface area (TPSA) is 29.1 Å². The number of hydrogen-bond acceptors (Lipinski definition) is 2. The van der Waals surface area contributed by atoms with E-state index in [1.165, 1.54) is 12.1 Å². The van der Waals surface area contributed by atoms with Crippen molar-refractivity contribution in [3.63, 3.8) is 0 Å². The summed E-state index contributed by atoms with van der Waals surface area (Å²) >= 11 is 1.60. The van der Waals surface area contributed by atoms with Crippen molar-refractivity contribution in [2.75, 3.05) is 11.1 Å². The van der Waals surface area contributed by atoms with Crippen molar-refractivity contribution in [3.05, 3.63) is 72.1 Å². The van der Waals surface area contributed by atoms with E-state index in [0.29, 0.717) is 11.1 Å². The second-order valence-corrected chi connectivity index (χ2v) is 5.58. The molecule has 0 aliphatic heterocycles. The number of nitrogens with one attached hydrogen (secondary N) is 1. The van der Waals surface area contributed by atoms with Crippen LogP contribution in [0.4, 0.5) is 10.1 Å². The summed E-state index contributed by atoms with van der Waals surface area (Å²) in [6.07, 6.45) is 1.81. The minimum atomic E-state index is -0.312. The number of carbonyl (C=O) groups is 1. The number of amides is 1. The molecule has 0 atom stereocenters. The molecule has 0 spiro atoms. The first kappa shape index (κ1) is 15.3. The summed E-state index contributed by atoms with van der Waals surface area (Å²) in [7, 11) is 0. The van der Waals surface area contributed by atoms with E-state index in [1.807, 2.05) is 30.3 Å². The minimum Gasteiger partial charge on any atom is -0.321 e. The Morgan fingerprint density at radius 1 is 1.33 bits per heavy atom. The highest BCUT2D eigenvalue weighted by Crippen LogP contribution is 2.27. The van der Waals surface area contributed by atoms with Crippen molar-refractivity contribution in [1.82, 2.24) is 0 Å². The lowest BCUT2D eigenvalue weighted by Gasteiger charge is -2.10. The van der Waals surface area contributed by atoms with Gasteiger partial charge < -0.3 is 5.32 Å².